The molecular weight excluding hydrogens is 472 g/mol. The van der Waals surface area contributed by atoms with Crippen molar-refractivity contribution in [2.75, 3.05) is 4.72 Å². The van der Waals surface area contributed by atoms with Crippen LogP contribution in [0.5, 0.6) is 0 Å². The second-order valence-corrected chi connectivity index (χ2v) is 8.86. The zero-order valence-corrected chi connectivity index (χ0v) is 18.7. The Balaban J connectivity index is 1.86. The Morgan fingerprint density at radius 3 is 2.33 bits per heavy atom. The predicted molar refractivity (Wildman–Crippen MR) is 121 cm³/mol. The zero-order valence-electron chi connectivity index (χ0n) is 17.1. The van der Waals surface area contributed by atoms with E-state index in [1.807, 2.05) is 0 Å². The fourth-order valence-electron chi connectivity index (χ4n) is 2.88. The topological polar surface area (TPSA) is 133 Å². The maximum atomic E-state index is 12.9. The van der Waals surface area contributed by atoms with Crippen LogP contribution in [-0.2, 0) is 14.8 Å². The number of anilines is 1. The van der Waals surface area contributed by atoms with Gasteiger partial charge in [-0.3, -0.25) is 19.6 Å². The van der Waals surface area contributed by atoms with Gasteiger partial charge in [0, 0.05) is 17.7 Å². The number of benzene rings is 3. The minimum Gasteiger partial charge on any atom is -0.451 e. The van der Waals surface area contributed by atoms with Crippen LogP contribution in [0.15, 0.2) is 77.7 Å². The lowest BCUT2D eigenvalue weighted by Crippen LogP contribution is -2.25. The van der Waals surface area contributed by atoms with Crippen molar-refractivity contribution in [2.24, 2.45) is 0 Å². The molecule has 1 atom stereocenters. The summed E-state index contributed by atoms with van der Waals surface area (Å²) >= 11 is 5.95. The average molecular weight is 489 g/mol. The first-order valence-corrected chi connectivity index (χ1v) is 11.3. The van der Waals surface area contributed by atoms with Gasteiger partial charge in [0.05, 0.1) is 21.2 Å². The van der Waals surface area contributed by atoms with Gasteiger partial charge in [-0.2, -0.15) is 0 Å². The number of nitrogens with zero attached hydrogens (tertiary/aromatic N) is 1. The minimum atomic E-state index is -4.40. The summed E-state index contributed by atoms with van der Waals surface area (Å²) in [7, 11) is -4.40. The van der Waals surface area contributed by atoms with Crippen LogP contribution in [0.1, 0.15) is 27.6 Å². The fraction of sp³-hybridized carbons (Fsp3) is 0.0909. The summed E-state index contributed by atoms with van der Waals surface area (Å²) in [5.74, 6) is -1.36. The molecule has 0 saturated heterocycles. The number of ketones is 1. The standard InChI is InChI=1S/C22H17ClN2O7S/c1-14(21(26)15-7-3-2-4-8-15)32-22(27)17-9-5-6-10-19(17)24-33(30,31)20-13-16(25(28)29)11-12-18(20)23/h2-14,24H,1H3. The third-order valence-corrected chi connectivity index (χ3v) is 6.36. The van der Waals surface area contributed by atoms with Crippen LogP contribution in [0, 0.1) is 10.1 Å². The highest BCUT2D eigenvalue weighted by atomic mass is 35.5. The van der Waals surface area contributed by atoms with Crippen LogP contribution >= 0.6 is 11.6 Å². The lowest BCUT2D eigenvalue weighted by Gasteiger charge is -2.15. The average Bonchev–Trinajstić information content (AvgIpc) is 2.79. The molecule has 0 saturated carbocycles. The number of carbonyl (C=O) groups excluding carboxylic acids is 2. The molecule has 0 amide bonds. The van der Waals surface area contributed by atoms with Crippen LogP contribution in [0.25, 0.3) is 0 Å². The highest BCUT2D eigenvalue weighted by Gasteiger charge is 2.26. The molecule has 170 valence electrons. The SMILES string of the molecule is CC(OC(=O)c1ccccc1NS(=O)(=O)c1cc([N+](=O)[O-])ccc1Cl)C(=O)c1ccccc1. The quantitative estimate of drug-likeness (QED) is 0.214. The van der Waals surface area contributed by atoms with Crippen molar-refractivity contribution in [2.45, 2.75) is 17.9 Å². The van der Waals surface area contributed by atoms with Gasteiger partial charge in [0.2, 0.25) is 5.78 Å². The van der Waals surface area contributed by atoms with E-state index in [0.29, 0.717) is 5.56 Å². The first-order chi connectivity index (χ1) is 15.6. The monoisotopic (exact) mass is 488 g/mol. The third kappa shape index (κ3) is 5.54. The molecule has 3 aromatic carbocycles. The number of carbonyl (C=O) groups is 2. The summed E-state index contributed by atoms with van der Waals surface area (Å²) in [5, 5.41) is 10.8. The molecule has 3 rings (SSSR count). The van der Waals surface area contributed by atoms with Gasteiger partial charge >= 0.3 is 5.97 Å². The number of hydrogen-bond donors (Lipinski definition) is 1. The Morgan fingerprint density at radius 1 is 1.03 bits per heavy atom. The Hall–Kier alpha value is -3.76. The molecule has 0 aliphatic carbocycles. The normalized spacial score (nSPS) is 11.9. The fourth-order valence-corrected chi connectivity index (χ4v) is 4.48. The molecular formula is C22H17ClN2O7S. The van der Waals surface area contributed by atoms with E-state index in [-0.39, 0.29) is 16.3 Å². The van der Waals surface area contributed by atoms with E-state index in [1.54, 1.807) is 30.3 Å². The van der Waals surface area contributed by atoms with Crippen LogP contribution in [0.2, 0.25) is 5.02 Å². The van der Waals surface area contributed by atoms with Crippen LogP contribution < -0.4 is 4.72 Å². The number of rotatable bonds is 8. The van der Waals surface area contributed by atoms with Crippen LogP contribution in [0.4, 0.5) is 11.4 Å². The number of esters is 1. The summed E-state index contributed by atoms with van der Waals surface area (Å²) in [6, 6.07) is 16.8. The molecule has 1 unspecified atom stereocenters. The lowest BCUT2D eigenvalue weighted by atomic mass is 10.1. The second-order valence-electron chi connectivity index (χ2n) is 6.80. The largest absolute Gasteiger partial charge is 0.451 e. The molecule has 0 fully saturated rings. The Bertz CT molecular complexity index is 1330. The van der Waals surface area contributed by atoms with Crippen molar-refractivity contribution in [1.29, 1.82) is 0 Å². The van der Waals surface area contributed by atoms with Gasteiger partial charge in [-0.05, 0) is 25.1 Å². The van der Waals surface area contributed by atoms with Crippen molar-refractivity contribution in [1.82, 2.24) is 0 Å². The van der Waals surface area contributed by atoms with Gasteiger partial charge in [-0.1, -0.05) is 54.1 Å². The van der Waals surface area contributed by atoms with E-state index in [2.05, 4.69) is 4.72 Å². The van der Waals surface area contributed by atoms with Gasteiger partial charge in [-0.15, -0.1) is 0 Å². The van der Waals surface area contributed by atoms with E-state index < -0.39 is 43.4 Å². The summed E-state index contributed by atoms with van der Waals surface area (Å²) in [6.45, 7) is 1.41. The van der Waals surface area contributed by atoms with Gasteiger partial charge in [0.15, 0.2) is 6.10 Å². The number of Topliss-reactive ketones (excluding diaryl/α,β-unsaturated/α-hetero) is 1. The molecule has 1 N–H and O–H groups in total. The summed E-state index contributed by atoms with van der Waals surface area (Å²) in [5.41, 5.74) is -0.424. The van der Waals surface area contributed by atoms with E-state index in [9.17, 15) is 28.1 Å². The summed E-state index contributed by atoms with van der Waals surface area (Å²) in [6.07, 6.45) is -1.13. The maximum Gasteiger partial charge on any atom is 0.340 e. The molecule has 0 aliphatic rings. The van der Waals surface area contributed by atoms with Crippen molar-refractivity contribution in [3.05, 3.63) is 99.1 Å². The first-order valence-electron chi connectivity index (χ1n) is 9.46. The molecule has 0 spiro atoms. The number of nitro benzene ring substituents is 1. The molecule has 9 nitrogen and oxygen atoms in total. The Morgan fingerprint density at radius 2 is 1.67 bits per heavy atom. The van der Waals surface area contributed by atoms with Crippen molar-refractivity contribution in [3.8, 4) is 0 Å². The Kier molecular flexibility index (Phi) is 7.10. The third-order valence-electron chi connectivity index (χ3n) is 4.52. The number of hydrogen-bond acceptors (Lipinski definition) is 7. The van der Waals surface area contributed by atoms with E-state index in [0.717, 1.165) is 18.2 Å². The van der Waals surface area contributed by atoms with Gasteiger partial charge in [-0.25, -0.2) is 13.2 Å². The number of halogens is 1. The predicted octanol–water partition coefficient (Wildman–Crippen LogP) is 4.48. The van der Waals surface area contributed by atoms with Gasteiger partial charge in [0.1, 0.15) is 4.90 Å². The summed E-state index contributed by atoms with van der Waals surface area (Å²) < 4.78 is 33.2. The number of nitrogens with one attached hydrogen (secondary N) is 1. The molecule has 0 aliphatic heterocycles. The molecule has 3 aromatic rings. The molecule has 0 radical (unpaired) electrons. The first kappa shape index (κ1) is 23.9. The van der Waals surface area contributed by atoms with E-state index in [4.69, 9.17) is 16.3 Å². The molecule has 0 heterocycles. The van der Waals surface area contributed by atoms with Crippen molar-refractivity contribution >= 4 is 44.8 Å². The highest BCUT2D eigenvalue weighted by Crippen LogP contribution is 2.29. The summed E-state index contributed by atoms with van der Waals surface area (Å²) in [4.78, 5) is 34.9. The van der Waals surface area contributed by atoms with Crippen LogP contribution in [0.3, 0.4) is 0 Å². The zero-order chi connectivity index (χ0) is 24.2. The molecule has 0 bridgehead atoms. The van der Waals surface area contributed by atoms with Gasteiger partial charge < -0.3 is 4.74 Å². The molecule has 0 aromatic heterocycles. The number of sulfonamides is 1. The number of nitro groups is 1. The minimum absolute atomic E-state index is 0.149. The smallest absolute Gasteiger partial charge is 0.340 e. The van der Waals surface area contributed by atoms with Gasteiger partial charge in [0.25, 0.3) is 15.7 Å². The molecule has 33 heavy (non-hydrogen) atoms. The van der Waals surface area contributed by atoms with E-state index >= 15 is 0 Å². The molecule has 11 heteroatoms. The van der Waals surface area contributed by atoms with Crippen LogP contribution in [-0.4, -0.2) is 31.2 Å². The number of para-hydroxylation sites is 1. The maximum absolute atomic E-state index is 12.9. The highest BCUT2D eigenvalue weighted by molar-refractivity contribution is 7.92. The van der Waals surface area contributed by atoms with Crippen molar-refractivity contribution < 1.29 is 27.7 Å². The Labute approximate surface area is 194 Å². The number of non-ortho nitro benzene ring substituents is 1. The number of ether oxygens (including phenoxy) is 1. The lowest BCUT2D eigenvalue weighted by molar-refractivity contribution is -0.385. The second kappa shape index (κ2) is 9.80. The van der Waals surface area contributed by atoms with E-state index in [1.165, 1.54) is 31.2 Å². The van der Waals surface area contributed by atoms with Crippen molar-refractivity contribution in [3.63, 3.8) is 0 Å².